The van der Waals surface area contributed by atoms with E-state index in [2.05, 4.69) is 88.4 Å². The van der Waals surface area contributed by atoms with Crippen molar-refractivity contribution in [1.82, 2.24) is 0 Å². The van der Waals surface area contributed by atoms with Crippen molar-refractivity contribution in [1.29, 1.82) is 0 Å². The second-order valence-electron chi connectivity index (χ2n) is 22.3. The third kappa shape index (κ3) is 22.8. The molecule has 0 N–H and O–H groups in total. The van der Waals surface area contributed by atoms with Crippen molar-refractivity contribution >= 4 is 18.5 Å². The Kier molecular flexibility index (Phi) is 21.7. The fourth-order valence-electron chi connectivity index (χ4n) is 6.82. The van der Waals surface area contributed by atoms with Crippen LogP contribution >= 0.6 is 0 Å². The Labute approximate surface area is 486 Å². The molecule has 0 radical (unpaired) electrons. The quantitative estimate of drug-likeness (QED) is 0.0395. The number of halogens is 2. The zero-order valence-corrected chi connectivity index (χ0v) is 51.7. The third-order valence-electron chi connectivity index (χ3n) is 10.7. The van der Waals surface area contributed by atoms with Gasteiger partial charge in [-0.05, 0) is 212 Å². The first-order valence-corrected chi connectivity index (χ1v) is 30.1. The van der Waals surface area contributed by atoms with Crippen LogP contribution in [0.5, 0.6) is 34.5 Å². The van der Waals surface area contributed by atoms with Crippen LogP contribution in [0.2, 0.25) is 0 Å². The SMILES string of the molecule is CC(C)(C)OC(=O)Oc1ccc(COc2ccc([I+]c3ccc(OCc4ccc(OC(=O)OC(C)(C)C)cc4)cc3)cc2)cc1.Cc1cc(OCc2ccc(OC(=O)OC(C)(C)C)cc2)ccc1[I+]c1ccc(C(C)(C)C)cc1. The molecule has 0 bridgehead atoms. The Bertz CT molecular complexity index is 2940. The summed E-state index contributed by atoms with van der Waals surface area (Å²) in [4.78, 5) is 35.4. The topological polar surface area (TPSA) is 134 Å². The lowest BCUT2D eigenvalue weighted by Crippen LogP contribution is -3.61. The van der Waals surface area contributed by atoms with Crippen molar-refractivity contribution < 1.29 is 99.4 Å². The van der Waals surface area contributed by atoms with E-state index in [0.717, 1.165) is 33.9 Å². The van der Waals surface area contributed by atoms with E-state index in [1.807, 2.05) is 66.7 Å². The summed E-state index contributed by atoms with van der Waals surface area (Å²) in [6.07, 6.45) is -2.17. The van der Waals surface area contributed by atoms with E-state index in [1.54, 1.807) is 98.7 Å². The zero-order valence-electron chi connectivity index (χ0n) is 47.4. The Morgan fingerprint density at radius 3 is 0.962 bits per heavy atom. The minimum absolute atomic E-state index is 0.178. The highest BCUT2D eigenvalue weighted by Gasteiger charge is 2.23. The standard InChI is InChI=1S/C36H38IO8.C29H34IO4/c1-35(2,3)44-33(38)42-31-15-7-25(8-16-31)23-40-29-19-11-27(12-20-29)37-28-13-21-30(22-14-28)41-24-26-9-17-32(18-10-26)43-34(39)45-36(4,5)6;1-20-18-25(16-17-26(20)30-23-12-10-22(11-13-23)28(2,3)4)32-19-21-8-14-24(15-9-21)33-27(31)34-29(5,6)7/h7-22H,23-24H2,1-6H3;8-18H,19H2,1-7H3/q2*+1. The summed E-state index contributed by atoms with van der Waals surface area (Å²) in [5.41, 5.74) is 3.89. The Hall–Kier alpha value is -6.79. The zero-order chi connectivity index (χ0) is 57.4. The Morgan fingerprint density at radius 2 is 0.646 bits per heavy atom. The van der Waals surface area contributed by atoms with Crippen LogP contribution in [-0.2, 0) is 39.4 Å². The molecule has 0 aromatic heterocycles. The summed E-state index contributed by atoms with van der Waals surface area (Å²) in [6.45, 7) is 26.2. The minimum Gasteiger partial charge on any atom is -0.489 e. The van der Waals surface area contributed by atoms with Crippen molar-refractivity contribution in [3.05, 3.63) is 206 Å². The summed E-state index contributed by atoms with van der Waals surface area (Å²) in [6, 6.07) is 53.3. The van der Waals surface area contributed by atoms with Crippen molar-refractivity contribution in [3.8, 4) is 34.5 Å². The first-order chi connectivity index (χ1) is 37.2. The van der Waals surface area contributed by atoms with Crippen LogP contribution in [0.1, 0.15) is 111 Å². The van der Waals surface area contributed by atoms with Gasteiger partial charge in [-0.25, -0.2) is 14.4 Å². The van der Waals surface area contributed by atoms with Crippen LogP contribution in [0, 0.1) is 21.2 Å². The van der Waals surface area contributed by atoms with Crippen LogP contribution in [0.4, 0.5) is 14.4 Å². The van der Waals surface area contributed by atoms with Crippen LogP contribution in [0.3, 0.4) is 0 Å². The number of carbonyl (C=O) groups is 3. The molecule has 0 amide bonds. The van der Waals surface area contributed by atoms with E-state index >= 15 is 0 Å². The predicted octanol–water partition coefficient (Wildman–Crippen LogP) is 9.91. The summed E-state index contributed by atoms with van der Waals surface area (Å²) in [5, 5.41) is 0. The molecule has 0 fully saturated rings. The molecule has 0 spiro atoms. The largest absolute Gasteiger partial charge is 0.514 e. The minimum atomic E-state index is -0.730. The molecule has 0 aliphatic carbocycles. The van der Waals surface area contributed by atoms with Gasteiger partial charge in [-0.1, -0.05) is 69.3 Å². The molecule has 0 saturated heterocycles. The first-order valence-electron chi connectivity index (χ1n) is 25.8. The molecule has 14 heteroatoms. The molecule has 7 aromatic rings. The maximum atomic E-state index is 11.8. The van der Waals surface area contributed by atoms with Gasteiger partial charge in [0.2, 0.25) is 0 Å². The lowest BCUT2D eigenvalue weighted by Gasteiger charge is -2.18. The van der Waals surface area contributed by atoms with Gasteiger partial charge < -0.3 is 42.6 Å². The van der Waals surface area contributed by atoms with Gasteiger partial charge in [0.15, 0.2) is 14.3 Å². The molecule has 0 heterocycles. The fraction of sp³-hybridized carbons (Fsp3) is 0.308. The monoisotopic (exact) mass is 1300 g/mol. The number of hydrogen-bond acceptors (Lipinski definition) is 12. The van der Waals surface area contributed by atoms with Crippen LogP contribution in [-0.4, -0.2) is 35.3 Å². The summed E-state index contributed by atoms with van der Waals surface area (Å²) < 4.78 is 54.4. The summed E-state index contributed by atoms with van der Waals surface area (Å²) in [5.74, 6) is 3.69. The molecule has 79 heavy (non-hydrogen) atoms. The lowest BCUT2D eigenvalue weighted by atomic mass is 9.87. The van der Waals surface area contributed by atoms with E-state index < -0.39 is 35.3 Å². The Morgan fingerprint density at radius 1 is 0.354 bits per heavy atom. The molecular formula is C65H72I2O12+2. The van der Waals surface area contributed by atoms with E-state index in [-0.39, 0.29) is 47.8 Å². The molecule has 0 unspecified atom stereocenters. The van der Waals surface area contributed by atoms with E-state index in [9.17, 15) is 14.4 Å². The number of ether oxygens (including phenoxy) is 9. The molecule has 12 nitrogen and oxygen atoms in total. The highest BCUT2D eigenvalue weighted by molar-refractivity contribution is 5.65. The molecule has 7 aromatic carbocycles. The predicted molar refractivity (Wildman–Crippen MR) is 297 cm³/mol. The fourth-order valence-corrected chi connectivity index (χ4v) is 11.3. The average Bonchev–Trinajstić information content (AvgIpc) is 3.36. The average molecular weight is 1300 g/mol. The van der Waals surface area contributed by atoms with Crippen LogP contribution in [0.25, 0.3) is 0 Å². The molecule has 0 atom stereocenters. The molecule has 416 valence electrons. The first kappa shape index (κ1) is 61.4. The van der Waals surface area contributed by atoms with Gasteiger partial charge in [0, 0.05) is 5.56 Å². The van der Waals surface area contributed by atoms with Gasteiger partial charge in [-0.15, -0.1) is 0 Å². The molecule has 0 saturated carbocycles. The van der Waals surface area contributed by atoms with Crippen molar-refractivity contribution in [2.75, 3.05) is 0 Å². The molecular weight excluding hydrogens is 1230 g/mol. The number of carbonyl (C=O) groups excluding carboxylic acids is 3. The van der Waals surface area contributed by atoms with Gasteiger partial charge in [0.05, 0.1) is 0 Å². The maximum Gasteiger partial charge on any atom is 0.514 e. The van der Waals surface area contributed by atoms with Gasteiger partial charge >= 0.3 is 60.9 Å². The van der Waals surface area contributed by atoms with Crippen molar-refractivity contribution in [3.63, 3.8) is 0 Å². The van der Waals surface area contributed by atoms with E-state index in [0.29, 0.717) is 37.1 Å². The second-order valence-corrected chi connectivity index (χ2v) is 28.2. The van der Waals surface area contributed by atoms with Gasteiger partial charge in [-0.2, -0.15) is 0 Å². The highest BCUT2D eigenvalue weighted by atomic mass is 127. The lowest BCUT2D eigenvalue weighted by molar-refractivity contribution is -0.598. The number of hydrogen-bond donors (Lipinski definition) is 0. The van der Waals surface area contributed by atoms with Crippen LogP contribution in [0.15, 0.2) is 164 Å². The van der Waals surface area contributed by atoms with Gasteiger partial charge in [-0.3, -0.25) is 0 Å². The van der Waals surface area contributed by atoms with Crippen molar-refractivity contribution in [2.45, 2.75) is 132 Å². The smallest absolute Gasteiger partial charge is 0.489 e. The Balaban J connectivity index is 0.000000265. The normalized spacial score (nSPS) is 11.5. The number of aryl methyl sites for hydroxylation is 1. The van der Waals surface area contributed by atoms with Crippen LogP contribution < -0.4 is 70.8 Å². The van der Waals surface area contributed by atoms with Crippen molar-refractivity contribution in [2.24, 2.45) is 0 Å². The maximum absolute atomic E-state index is 11.8. The summed E-state index contributed by atoms with van der Waals surface area (Å²) in [7, 11) is 0. The van der Waals surface area contributed by atoms with Gasteiger partial charge in [0.25, 0.3) is 0 Å². The number of benzene rings is 7. The van der Waals surface area contributed by atoms with Gasteiger partial charge in [0.1, 0.15) is 71.1 Å². The highest BCUT2D eigenvalue weighted by Crippen LogP contribution is 2.23. The molecule has 7 rings (SSSR count). The third-order valence-corrected chi connectivity index (χ3v) is 16.5. The molecule has 0 aliphatic heterocycles. The number of rotatable bonds is 16. The summed E-state index contributed by atoms with van der Waals surface area (Å²) >= 11 is -0.599. The molecule has 0 aliphatic rings. The second kappa shape index (κ2) is 27.9. The van der Waals surface area contributed by atoms with E-state index in [4.69, 9.17) is 42.6 Å². The van der Waals surface area contributed by atoms with E-state index in [1.165, 1.54) is 25.4 Å².